The van der Waals surface area contributed by atoms with E-state index in [-0.39, 0.29) is 11.4 Å². The van der Waals surface area contributed by atoms with Crippen LogP contribution in [0, 0.1) is 11.3 Å². The molecule has 108 valence electrons. The summed E-state index contributed by atoms with van der Waals surface area (Å²) in [7, 11) is 0. The smallest absolute Gasteiger partial charge is 0.306 e. The van der Waals surface area contributed by atoms with Crippen LogP contribution in [0.25, 0.3) is 0 Å². The summed E-state index contributed by atoms with van der Waals surface area (Å²) in [5, 5.41) is 0. The summed E-state index contributed by atoms with van der Waals surface area (Å²) >= 11 is 0. The van der Waals surface area contributed by atoms with E-state index in [4.69, 9.17) is 4.74 Å². The van der Waals surface area contributed by atoms with Crippen LogP contribution in [0.4, 0.5) is 0 Å². The summed E-state index contributed by atoms with van der Waals surface area (Å²) in [6.07, 6.45) is 8.19. The van der Waals surface area contributed by atoms with Crippen molar-refractivity contribution in [3.63, 3.8) is 0 Å². The molecule has 2 heteroatoms. The lowest BCUT2D eigenvalue weighted by atomic mass is 9.76. The minimum absolute atomic E-state index is 0.0361. The lowest BCUT2D eigenvalue weighted by Gasteiger charge is -2.30. The molecule has 0 amide bonds. The average molecular weight is 256 g/mol. The fourth-order valence-electron chi connectivity index (χ4n) is 2.26. The zero-order chi connectivity index (χ0) is 14.0. The van der Waals surface area contributed by atoms with Crippen molar-refractivity contribution in [2.24, 2.45) is 11.3 Å². The maximum atomic E-state index is 11.6. The zero-order valence-corrected chi connectivity index (χ0v) is 13.1. The van der Waals surface area contributed by atoms with E-state index in [1.165, 1.54) is 32.1 Å². The SMILES string of the molecule is CCCCCCC[C@@H](CC(=O)OCC)C(C)(C)C. The Labute approximate surface area is 113 Å². The summed E-state index contributed by atoms with van der Waals surface area (Å²) in [6, 6.07) is 0. The molecule has 0 unspecified atom stereocenters. The number of hydrogen-bond donors (Lipinski definition) is 0. The molecule has 0 aromatic carbocycles. The minimum atomic E-state index is -0.0361. The molecule has 0 N–H and O–H groups in total. The maximum absolute atomic E-state index is 11.6. The quantitative estimate of drug-likeness (QED) is 0.430. The van der Waals surface area contributed by atoms with Crippen molar-refractivity contribution < 1.29 is 9.53 Å². The summed E-state index contributed by atoms with van der Waals surface area (Å²) < 4.78 is 5.07. The van der Waals surface area contributed by atoms with Crippen molar-refractivity contribution in [1.29, 1.82) is 0 Å². The Kier molecular flexibility index (Phi) is 9.13. The van der Waals surface area contributed by atoms with Crippen LogP contribution < -0.4 is 0 Å². The Balaban J connectivity index is 4.05. The Morgan fingerprint density at radius 3 is 2.17 bits per heavy atom. The fourth-order valence-corrected chi connectivity index (χ4v) is 2.26. The van der Waals surface area contributed by atoms with Gasteiger partial charge in [-0.1, -0.05) is 59.8 Å². The molecule has 0 rings (SSSR count). The average Bonchev–Trinajstić information content (AvgIpc) is 2.26. The second kappa shape index (κ2) is 9.41. The Morgan fingerprint density at radius 1 is 1.06 bits per heavy atom. The molecule has 0 fully saturated rings. The lowest BCUT2D eigenvalue weighted by molar-refractivity contribution is -0.145. The van der Waals surface area contributed by atoms with Gasteiger partial charge in [0.05, 0.1) is 6.61 Å². The predicted molar refractivity (Wildman–Crippen MR) is 77.6 cm³/mol. The van der Waals surface area contributed by atoms with E-state index in [1.54, 1.807) is 0 Å². The monoisotopic (exact) mass is 256 g/mol. The van der Waals surface area contributed by atoms with Gasteiger partial charge >= 0.3 is 5.97 Å². The molecule has 0 aromatic rings. The van der Waals surface area contributed by atoms with E-state index in [0.717, 1.165) is 6.42 Å². The highest BCUT2D eigenvalue weighted by molar-refractivity contribution is 5.69. The first-order valence-electron chi connectivity index (χ1n) is 7.57. The first kappa shape index (κ1) is 17.5. The van der Waals surface area contributed by atoms with E-state index in [0.29, 0.717) is 18.9 Å². The Morgan fingerprint density at radius 2 is 1.67 bits per heavy atom. The van der Waals surface area contributed by atoms with E-state index in [2.05, 4.69) is 27.7 Å². The third kappa shape index (κ3) is 8.54. The minimum Gasteiger partial charge on any atom is -0.466 e. The normalized spacial score (nSPS) is 13.4. The molecule has 0 saturated heterocycles. The summed E-state index contributed by atoms with van der Waals surface area (Å²) in [4.78, 5) is 11.6. The van der Waals surface area contributed by atoms with Gasteiger partial charge in [0.2, 0.25) is 0 Å². The molecule has 0 aliphatic rings. The van der Waals surface area contributed by atoms with Crippen LogP contribution in [0.5, 0.6) is 0 Å². The molecule has 0 aliphatic heterocycles. The Bertz CT molecular complexity index is 216. The van der Waals surface area contributed by atoms with Gasteiger partial charge in [0.1, 0.15) is 0 Å². The van der Waals surface area contributed by atoms with Crippen molar-refractivity contribution >= 4 is 5.97 Å². The first-order chi connectivity index (χ1) is 8.41. The van der Waals surface area contributed by atoms with E-state index >= 15 is 0 Å². The number of carbonyl (C=O) groups excluding carboxylic acids is 1. The molecule has 2 nitrogen and oxygen atoms in total. The van der Waals surface area contributed by atoms with Crippen LogP contribution in [0.1, 0.15) is 79.6 Å². The second-order valence-electron chi connectivity index (χ2n) is 6.27. The van der Waals surface area contributed by atoms with Crippen LogP contribution in [-0.2, 0) is 9.53 Å². The van der Waals surface area contributed by atoms with Crippen molar-refractivity contribution in [2.75, 3.05) is 6.61 Å². The molecule has 0 aromatic heterocycles. The van der Waals surface area contributed by atoms with Gasteiger partial charge in [-0.2, -0.15) is 0 Å². The third-order valence-corrected chi connectivity index (χ3v) is 3.60. The maximum Gasteiger partial charge on any atom is 0.306 e. The standard InChI is InChI=1S/C16H32O2/c1-6-8-9-10-11-12-14(16(3,4)5)13-15(17)18-7-2/h14H,6-13H2,1-5H3/t14-/m0/s1. The van der Waals surface area contributed by atoms with Gasteiger partial charge < -0.3 is 4.74 Å². The molecular weight excluding hydrogens is 224 g/mol. The largest absolute Gasteiger partial charge is 0.466 e. The van der Waals surface area contributed by atoms with Crippen molar-refractivity contribution in [2.45, 2.75) is 79.6 Å². The van der Waals surface area contributed by atoms with Crippen molar-refractivity contribution in [3.05, 3.63) is 0 Å². The molecule has 0 bridgehead atoms. The van der Waals surface area contributed by atoms with Crippen molar-refractivity contribution in [1.82, 2.24) is 0 Å². The summed E-state index contributed by atoms with van der Waals surface area (Å²) in [6.45, 7) is 11.3. The molecule has 0 spiro atoms. The lowest BCUT2D eigenvalue weighted by Crippen LogP contribution is -2.24. The number of esters is 1. The van der Waals surface area contributed by atoms with Crippen LogP contribution in [0.3, 0.4) is 0 Å². The number of unbranched alkanes of at least 4 members (excludes halogenated alkanes) is 4. The van der Waals surface area contributed by atoms with Gasteiger partial charge in [-0.05, 0) is 24.7 Å². The van der Waals surface area contributed by atoms with Gasteiger partial charge in [0, 0.05) is 6.42 Å². The van der Waals surface area contributed by atoms with Gasteiger partial charge in [0.15, 0.2) is 0 Å². The second-order valence-corrected chi connectivity index (χ2v) is 6.27. The van der Waals surface area contributed by atoms with Gasteiger partial charge in [-0.3, -0.25) is 4.79 Å². The molecule has 0 saturated carbocycles. The number of carbonyl (C=O) groups is 1. The third-order valence-electron chi connectivity index (χ3n) is 3.60. The zero-order valence-electron chi connectivity index (χ0n) is 13.1. The summed E-state index contributed by atoms with van der Waals surface area (Å²) in [5.41, 5.74) is 0.192. The summed E-state index contributed by atoms with van der Waals surface area (Å²) in [5.74, 6) is 0.407. The molecule has 0 radical (unpaired) electrons. The van der Waals surface area contributed by atoms with Gasteiger partial charge in [0.25, 0.3) is 0 Å². The number of ether oxygens (including phenoxy) is 1. The van der Waals surface area contributed by atoms with Crippen LogP contribution >= 0.6 is 0 Å². The van der Waals surface area contributed by atoms with Crippen LogP contribution in [-0.4, -0.2) is 12.6 Å². The highest BCUT2D eigenvalue weighted by atomic mass is 16.5. The highest BCUT2D eigenvalue weighted by Crippen LogP contribution is 2.33. The molecule has 18 heavy (non-hydrogen) atoms. The Hall–Kier alpha value is -0.530. The topological polar surface area (TPSA) is 26.3 Å². The van der Waals surface area contributed by atoms with Gasteiger partial charge in [-0.25, -0.2) is 0 Å². The first-order valence-corrected chi connectivity index (χ1v) is 7.57. The van der Waals surface area contributed by atoms with Crippen molar-refractivity contribution in [3.8, 4) is 0 Å². The van der Waals surface area contributed by atoms with Crippen LogP contribution in [0.2, 0.25) is 0 Å². The number of hydrogen-bond acceptors (Lipinski definition) is 2. The van der Waals surface area contributed by atoms with Crippen LogP contribution in [0.15, 0.2) is 0 Å². The van der Waals surface area contributed by atoms with E-state index < -0.39 is 0 Å². The van der Waals surface area contributed by atoms with Gasteiger partial charge in [-0.15, -0.1) is 0 Å². The molecular formula is C16H32O2. The van der Waals surface area contributed by atoms with E-state index in [1.807, 2.05) is 6.92 Å². The highest BCUT2D eigenvalue weighted by Gasteiger charge is 2.26. The van der Waals surface area contributed by atoms with E-state index in [9.17, 15) is 4.79 Å². The predicted octanol–water partition coefficient (Wildman–Crippen LogP) is 4.96. The molecule has 0 aliphatic carbocycles. The molecule has 0 heterocycles. The fraction of sp³-hybridized carbons (Fsp3) is 0.938. The molecule has 1 atom stereocenters. The number of rotatable bonds is 9.